The predicted molar refractivity (Wildman–Crippen MR) is 55.8 cm³/mol. The van der Waals surface area contributed by atoms with Crippen LogP contribution < -0.4 is 0 Å². The first-order valence-corrected chi connectivity index (χ1v) is 4.83. The second-order valence-electron chi connectivity index (χ2n) is 3.50. The highest BCUT2D eigenvalue weighted by molar-refractivity contribution is 5.90. The number of carbonyl (C=O) groups is 2. The van der Waals surface area contributed by atoms with Crippen LogP contribution in [0.4, 0.5) is 8.78 Å². The molecule has 98 valence electrons. The van der Waals surface area contributed by atoms with Crippen molar-refractivity contribution < 1.29 is 33.1 Å². The Labute approximate surface area is 103 Å². The van der Waals surface area contributed by atoms with Gasteiger partial charge in [-0.25, -0.2) is 18.4 Å². The van der Waals surface area contributed by atoms with Crippen molar-refractivity contribution in [1.29, 1.82) is 0 Å². The Morgan fingerprint density at radius 1 is 1.05 bits per heavy atom. The van der Waals surface area contributed by atoms with Gasteiger partial charge in [-0.05, 0) is 6.07 Å². The third-order valence-electron chi connectivity index (χ3n) is 2.28. The molecule has 2 N–H and O–H groups in total. The van der Waals surface area contributed by atoms with E-state index in [1.165, 1.54) is 0 Å². The van der Waals surface area contributed by atoms with Crippen LogP contribution in [0.1, 0.15) is 20.9 Å². The van der Waals surface area contributed by atoms with E-state index in [4.69, 9.17) is 10.2 Å². The monoisotopic (exact) mass is 269 g/mol. The van der Waals surface area contributed by atoms with Gasteiger partial charge >= 0.3 is 11.9 Å². The van der Waals surface area contributed by atoms with Gasteiger partial charge in [-0.3, -0.25) is 0 Å². The molecule has 0 spiro atoms. The SMILES string of the molecule is O=C(O)c1cc(-c2cc(C(=O)O)c(F)cc2F)no1. The molecule has 1 aromatic heterocycles. The molecule has 2 rings (SSSR count). The zero-order valence-corrected chi connectivity index (χ0v) is 9.05. The fourth-order valence-electron chi connectivity index (χ4n) is 1.41. The quantitative estimate of drug-likeness (QED) is 0.883. The molecule has 0 aliphatic rings. The highest BCUT2D eigenvalue weighted by Crippen LogP contribution is 2.25. The smallest absolute Gasteiger partial charge is 0.374 e. The van der Waals surface area contributed by atoms with Gasteiger partial charge in [0.1, 0.15) is 17.3 Å². The van der Waals surface area contributed by atoms with E-state index in [-0.39, 0.29) is 11.3 Å². The normalized spacial score (nSPS) is 10.4. The maximum Gasteiger partial charge on any atom is 0.374 e. The average Bonchev–Trinajstić information content (AvgIpc) is 2.77. The minimum Gasteiger partial charge on any atom is -0.478 e. The summed E-state index contributed by atoms with van der Waals surface area (Å²) in [5.41, 5.74) is -1.36. The largest absolute Gasteiger partial charge is 0.478 e. The number of hydrogen-bond acceptors (Lipinski definition) is 4. The number of nitrogens with zero attached hydrogens (tertiary/aromatic N) is 1. The van der Waals surface area contributed by atoms with Crippen molar-refractivity contribution >= 4 is 11.9 Å². The number of aromatic carboxylic acids is 2. The molecule has 0 aliphatic carbocycles. The zero-order chi connectivity index (χ0) is 14.2. The van der Waals surface area contributed by atoms with Gasteiger partial charge in [0.05, 0.1) is 5.56 Å². The summed E-state index contributed by atoms with van der Waals surface area (Å²) in [7, 11) is 0. The van der Waals surface area contributed by atoms with Crippen LogP contribution >= 0.6 is 0 Å². The van der Waals surface area contributed by atoms with Gasteiger partial charge in [0.15, 0.2) is 0 Å². The molecule has 2 aromatic rings. The summed E-state index contributed by atoms with van der Waals surface area (Å²) in [5.74, 6) is -5.86. The van der Waals surface area contributed by atoms with Crippen LogP contribution in [-0.4, -0.2) is 27.3 Å². The van der Waals surface area contributed by atoms with Crippen molar-refractivity contribution in [1.82, 2.24) is 5.16 Å². The molecule has 0 bridgehead atoms. The van der Waals surface area contributed by atoms with Crippen molar-refractivity contribution in [3.8, 4) is 11.3 Å². The van der Waals surface area contributed by atoms with E-state index in [0.717, 1.165) is 12.1 Å². The summed E-state index contributed by atoms with van der Waals surface area (Å²) in [6.07, 6.45) is 0. The zero-order valence-electron chi connectivity index (χ0n) is 9.05. The van der Waals surface area contributed by atoms with Gasteiger partial charge in [-0.15, -0.1) is 0 Å². The van der Waals surface area contributed by atoms with E-state index in [9.17, 15) is 18.4 Å². The topological polar surface area (TPSA) is 101 Å². The minimum absolute atomic E-state index is 0.239. The van der Waals surface area contributed by atoms with E-state index in [0.29, 0.717) is 6.07 Å². The molecule has 0 saturated heterocycles. The van der Waals surface area contributed by atoms with E-state index in [1.807, 2.05) is 0 Å². The van der Waals surface area contributed by atoms with Crippen LogP contribution in [0.15, 0.2) is 22.7 Å². The highest BCUT2D eigenvalue weighted by Gasteiger charge is 2.20. The number of halogens is 2. The summed E-state index contributed by atoms with van der Waals surface area (Å²) in [6, 6.07) is 2.01. The van der Waals surface area contributed by atoms with E-state index in [2.05, 4.69) is 9.68 Å². The maximum atomic E-state index is 13.5. The first-order valence-electron chi connectivity index (χ1n) is 4.83. The van der Waals surface area contributed by atoms with Crippen molar-refractivity contribution in [3.05, 3.63) is 41.2 Å². The molecule has 0 unspecified atom stereocenters. The van der Waals surface area contributed by atoms with Crippen LogP contribution in [0.2, 0.25) is 0 Å². The van der Waals surface area contributed by atoms with Crippen molar-refractivity contribution in [2.24, 2.45) is 0 Å². The van der Waals surface area contributed by atoms with E-state index >= 15 is 0 Å². The number of benzene rings is 1. The molecule has 19 heavy (non-hydrogen) atoms. The Morgan fingerprint density at radius 3 is 2.26 bits per heavy atom. The number of aromatic nitrogens is 1. The third-order valence-corrected chi connectivity index (χ3v) is 2.28. The Bertz CT molecular complexity index is 680. The van der Waals surface area contributed by atoms with Gasteiger partial charge < -0.3 is 14.7 Å². The summed E-state index contributed by atoms with van der Waals surface area (Å²) in [6.45, 7) is 0. The van der Waals surface area contributed by atoms with Gasteiger partial charge in [0.25, 0.3) is 0 Å². The summed E-state index contributed by atoms with van der Waals surface area (Å²) in [4.78, 5) is 21.3. The van der Waals surface area contributed by atoms with Crippen LogP contribution in [-0.2, 0) is 0 Å². The molecular formula is C11H5F2NO5. The Hall–Kier alpha value is -2.77. The molecular weight excluding hydrogens is 264 g/mol. The lowest BCUT2D eigenvalue weighted by molar-refractivity contribution is 0.0649. The molecule has 1 aromatic carbocycles. The molecule has 0 saturated carbocycles. The van der Waals surface area contributed by atoms with E-state index < -0.39 is 34.9 Å². The Morgan fingerprint density at radius 2 is 1.74 bits per heavy atom. The summed E-state index contributed by atoms with van der Waals surface area (Å²) >= 11 is 0. The fraction of sp³-hybridized carbons (Fsp3) is 0. The van der Waals surface area contributed by atoms with Crippen molar-refractivity contribution in [3.63, 3.8) is 0 Å². The number of carboxylic acid groups (broad SMARTS) is 2. The summed E-state index contributed by atoms with van der Waals surface area (Å²) in [5, 5.41) is 20.6. The Balaban J connectivity index is 2.57. The highest BCUT2D eigenvalue weighted by atomic mass is 19.1. The van der Waals surface area contributed by atoms with Crippen LogP contribution in [0.3, 0.4) is 0 Å². The second-order valence-corrected chi connectivity index (χ2v) is 3.50. The predicted octanol–water partition coefficient (Wildman–Crippen LogP) is 2.02. The molecule has 0 radical (unpaired) electrons. The second kappa shape index (κ2) is 4.48. The lowest BCUT2D eigenvalue weighted by atomic mass is 10.1. The molecule has 8 heteroatoms. The first kappa shape index (κ1) is 12.7. The Kier molecular flexibility index (Phi) is 2.99. The van der Waals surface area contributed by atoms with Crippen molar-refractivity contribution in [2.75, 3.05) is 0 Å². The molecule has 6 nitrogen and oxygen atoms in total. The summed E-state index contributed by atoms with van der Waals surface area (Å²) < 4.78 is 31.1. The number of rotatable bonds is 3. The minimum atomic E-state index is -1.58. The standard InChI is InChI=1S/C11H5F2NO5/c12-6-2-7(13)5(10(15)16)1-4(6)8-3-9(11(17)18)19-14-8/h1-3H,(H,15,16)(H,17,18). The number of carboxylic acids is 2. The van der Waals surface area contributed by atoms with Crippen LogP contribution in [0.5, 0.6) is 0 Å². The van der Waals surface area contributed by atoms with E-state index in [1.54, 1.807) is 0 Å². The van der Waals surface area contributed by atoms with Crippen LogP contribution in [0, 0.1) is 11.6 Å². The average molecular weight is 269 g/mol. The maximum absolute atomic E-state index is 13.5. The molecule has 0 atom stereocenters. The number of hydrogen-bond donors (Lipinski definition) is 2. The third kappa shape index (κ3) is 2.28. The fourth-order valence-corrected chi connectivity index (χ4v) is 1.41. The molecule has 0 amide bonds. The van der Waals surface area contributed by atoms with Crippen molar-refractivity contribution in [2.45, 2.75) is 0 Å². The lowest BCUT2D eigenvalue weighted by Gasteiger charge is -2.02. The molecule has 0 fully saturated rings. The van der Waals surface area contributed by atoms with Gasteiger partial charge in [-0.2, -0.15) is 0 Å². The molecule has 0 aliphatic heterocycles. The first-order chi connectivity index (χ1) is 8.90. The van der Waals surface area contributed by atoms with Crippen LogP contribution in [0.25, 0.3) is 11.3 Å². The van der Waals surface area contributed by atoms with Gasteiger partial charge in [-0.1, -0.05) is 5.16 Å². The van der Waals surface area contributed by atoms with Gasteiger partial charge in [0.2, 0.25) is 5.76 Å². The molecule has 1 heterocycles. The van der Waals surface area contributed by atoms with Gasteiger partial charge in [0, 0.05) is 17.7 Å². The lowest BCUT2D eigenvalue weighted by Crippen LogP contribution is -2.02.